The number of nitrogens with zero attached hydrogens (tertiary/aromatic N) is 6. The summed E-state index contributed by atoms with van der Waals surface area (Å²) in [5.41, 5.74) is 5.40. The van der Waals surface area contributed by atoms with Gasteiger partial charge in [-0.15, -0.1) is 0 Å². The van der Waals surface area contributed by atoms with E-state index in [0.29, 0.717) is 31.0 Å². The maximum absolute atomic E-state index is 14.0. The fourth-order valence-corrected chi connectivity index (χ4v) is 11.5. The van der Waals surface area contributed by atoms with Crippen molar-refractivity contribution in [2.45, 2.75) is 69.9 Å². The second-order valence-corrected chi connectivity index (χ2v) is 24.0. The van der Waals surface area contributed by atoms with Crippen LogP contribution >= 0.6 is 11.6 Å². The number of hydrogen-bond acceptors (Lipinski definition) is 13. The summed E-state index contributed by atoms with van der Waals surface area (Å²) in [6.45, 7) is 12.5. The highest BCUT2D eigenvalue weighted by Gasteiger charge is 2.31. The third-order valence-corrected chi connectivity index (χ3v) is 15.3. The molecular weight excluding hydrogens is 926 g/mol. The van der Waals surface area contributed by atoms with Crippen molar-refractivity contribution < 1.29 is 27.1 Å². The summed E-state index contributed by atoms with van der Waals surface area (Å²) >= 11 is 6.25. The summed E-state index contributed by atoms with van der Waals surface area (Å²) in [4.78, 5) is 39.7. The van der Waals surface area contributed by atoms with E-state index >= 15 is 0 Å². The summed E-state index contributed by atoms with van der Waals surface area (Å²) in [7, 11) is -6.80. The summed E-state index contributed by atoms with van der Waals surface area (Å²) in [6.07, 6.45) is 11.3. The van der Waals surface area contributed by atoms with E-state index in [2.05, 4.69) is 65.0 Å². The van der Waals surface area contributed by atoms with E-state index in [9.17, 15) is 27.5 Å². The Morgan fingerprint density at radius 2 is 1.72 bits per heavy atom. The van der Waals surface area contributed by atoms with Crippen LogP contribution in [-0.2, 0) is 19.8 Å². The quantitative estimate of drug-likeness (QED) is 0.0667. The Bertz CT molecular complexity index is 2940. The topological polar surface area (TPSA) is 195 Å². The minimum atomic E-state index is -4.61. The van der Waals surface area contributed by atoms with Gasteiger partial charge in [-0.3, -0.25) is 24.0 Å². The van der Waals surface area contributed by atoms with Crippen LogP contribution in [0.4, 0.5) is 17.1 Å². The largest absolute Gasteiger partial charge is 0.455 e. The van der Waals surface area contributed by atoms with Gasteiger partial charge in [-0.05, 0) is 104 Å². The number of carbonyl (C=O) groups excluding carboxylic acids is 1. The number of nitro benzene ring substituents is 1. The molecular formula is C49H60ClN9O7S2. The van der Waals surface area contributed by atoms with Crippen molar-refractivity contribution in [1.29, 1.82) is 0 Å². The first-order chi connectivity index (χ1) is 32.3. The third kappa shape index (κ3) is 12.2. The van der Waals surface area contributed by atoms with E-state index in [1.807, 2.05) is 25.1 Å². The molecule has 0 radical (unpaired) electrons. The van der Waals surface area contributed by atoms with Crippen molar-refractivity contribution in [3.05, 3.63) is 117 Å². The maximum atomic E-state index is 14.0. The molecule has 68 heavy (non-hydrogen) atoms. The Balaban J connectivity index is 0.970. The van der Waals surface area contributed by atoms with Crippen LogP contribution in [0.5, 0.6) is 11.5 Å². The molecule has 4 heterocycles. The number of pyridine rings is 1. The molecule has 0 unspecified atom stereocenters. The van der Waals surface area contributed by atoms with Crippen molar-refractivity contribution in [2.75, 3.05) is 75.1 Å². The van der Waals surface area contributed by atoms with E-state index < -0.39 is 41.2 Å². The summed E-state index contributed by atoms with van der Waals surface area (Å²) in [5.74, 6) is -0.512. The van der Waals surface area contributed by atoms with Gasteiger partial charge >= 0.3 is 0 Å². The van der Waals surface area contributed by atoms with Crippen LogP contribution in [0.15, 0.2) is 100 Å². The first kappa shape index (κ1) is 48.9. The van der Waals surface area contributed by atoms with Crippen molar-refractivity contribution in [1.82, 2.24) is 24.5 Å². The van der Waals surface area contributed by atoms with Crippen molar-refractivity contribution in [2.24, 2.45) is 9.78 Å². The summed E-state index contributed by atoms with van der Waals surface area (Å²) in [5, 5.41) is 17.0. The highest BCUT2D eigenvalue weighted by Crippen LogP contribution is 2.43. The molecule has 1 aliphatic carbocycles. The van der Waals surface area contributed by atoms with Gasteiger partial charge in [0.2, 0.25) is 0 Å². The van der Waals surface area contributed by atoms with Gasteiger partial charge in [-0.2, -0.15) is 0 Å². The van der Waals surface area contributed by atoms with E-state index in [4.69, 9.17) is 16.3 Å². The molecule has 16 nitrogen and oxygen atoms in total. The lowest BCUT2D eigenvalue weighted by Gasteiger charge is -2.39. The number of rotatable bonds is 15. The Hall–Kier alpha value is -5.53. The number of aromatic amines is 1. The molecule has 1 atom stereocenters. The number of nitrogens with one attached hydrogen (secondary N) is 3. The molecule has 2 aromatic heterocycles. The zero-order valence-corrected chi connectivity index (χ0v) is 41.6. The molecule has 3 aliphatic rings. The maximum Gasteiger partial charge on any atom is 0.293 e. The number of likely N-dealkylation sites (tertiary alicyclic amines) is 1. The molecule has 3 aromatic carbocycles. The van der Waals surface area contributed by atoms with E-state index in [1.165, 1.54) is 41.1 Å². The average Bonchev–Trinajstić information content (AvgIpc) is 3.76. The van der Waals surface area contributed by atoms with E-state index in [0.717, 1.165) is 87.0 Å². The number of piperidine rings is 1. The standard InChI is InChI=1S/C49H60ClN9O7S2/c1-33(31-56-20-16-38(17-21-56)54-67(4,5)63)53-44-13-11-41(28-45(44)59(61)62)68(64,65)55-48(60)42-12-10-39(27-46(42)66-40-26-35-15-19-51-47(35)52-30-40)58-24-22-57(23-25-58)32-36-14-18-49(2,3)29-43(36)34-6-8-37(50)9-7-34/h6-13,15,19,26-28,30,33,38,53H,14,16-18,20-25,29,31-32H2,1-5H3,(H,51,52)(H,55,60)/t33-/m0/s1. The van der Waals surface area contributed by atoms with E-state index in [1.54, 1.807) is 36.9 Å². The molecule has 8 rings (SSSR count). The van der Waals surface area contributed by atoms with Crippen LogP contribution in [0.1, 0.15) is 68.8 Å². The van der Waals surface area contributed by atoms with Gasteiger partial charge < -0.3 is 24.8 Å². The van der Waals surface area contributed by atoms with Crippen LogP contribution < -0.4 is 19.7 Å². The number of piperazine rings is 1. The van der Waals surface area contributed by atoms with Crippen molar-refractivity contribution in [3.8, 4) is 11.5 Å². The number of nitro groups is 1. The molecule has 19 heteroatoms. The molecule has 5 aromatic rings. The number of H-pyrrole nitrogens is 1. The van der Waals surface area contributed by atoms with E-state index in [-0.39, 0.29) is 34.5 Å². The fourth-order valence-electron chi connectivity index (χ4n) is 9.43. The van der Waals surface area contributed by atoms with Crippen LogP contribution in [0, 0.1) is 15.5 Å². The van der Waals surface area contributed by atoms with Gasteiger partial charge in [0.25, 0.3) is 21.6 Å². The number of carbonyl (C=O) groups is 1. The summed E-state index contributed by atoms with van der Waals surface area (Å²) in [6, 6.07) is 20.2. The van der Waals surface area contributed by atoms with Crippen LogP contribution in [-0.4, -0.2) is 120 Å². The Kier molecular flexibility index (Phi) is 14.5. The predicted molar refractivity (Wildman–Crippen MR) is 270 cm³/mol. The molecule has 0 spiro atoms. The lowest BCUT2D eigenvalue weighted by Crippen LogP contribution is -2.47. The third-order valence-electron chi connectivity index (χ3n) is 12.9. The van der Waals surface area contributed by atoms with Crippen molar-refractivity contribution in [3.63, 3.8) is 0 Å². The highest BCUT2D eigenvalue weighted by atomic mass is 35.5. The fraction of sp³-hybridized carbons (Fsp3) is 0.429. The van der Waals surface area contributed by atoms with Gasteiger partial charge in [-0.25, -0.2) is 22.5 Å². The van der Waals surface area contributed by atoms with Gasteiger partial charge in [0.05, 0.1) is 27.6 Å². The number of anilines is 2. The predicted octanol–water partition coefficient (Wildman–Crippen LogP) is 8.81. The van der Waals surface area contributed by atoms with Crippen LogP contribution in [0.25, 0.3) is 16.6 Å². The molecule has 0 bridgehead atoms. The molecule has 3 N–H and O–H groups in total. The molecule has 1 amide bonds. The molecule has 2 fully saturated rings. The minimum absolute atomic E-state index is 0.0370. The molecule has 362 valence electrons. The monoisotopic (exact) mass is 985 g/mol. The molecule has 2 saturated heterocycles. The number of ether oxygens (including phenoxy) is 1. The highest BCUT2D eigenvalue weighted by molar-refractivity contribution is 7.92. The van der Waals surface area contributed by atoms with Crippen LogP contribution in [0.3, 0.4) is 0 Å². The van der Waals surface area contributed by atoms with Gasteiger partial charge in [-0.1, -0.05) is 43.2 Å². The van der Waals surface area contributed by atoms with Gasteiger partial charge in [0.15, 0.2) is 0 Å². The second-order valence-electron chi connectivity index (χ2n) is 19.3. The number of aromatic nitrogens is 2. The Morgan fingerprint density at radius 1 is 0.985 bits per heavy atom. The number of amides is 1. The Labute approximate surface area is 403 Å². The van der Waals surface area contributed by atoms with Gasteiger partial charge in [0.1, 0.15) is 22.8 Å². The molecule has 2 aliphatic heterocycles. The minimum Gasteiger partial charge on any atom is -0.455 e. The number of benzene rings is 3. The normalized spacial score (nSPS) is 18.1. The zero-order valence-electron chi connectivity index (χ0n) is 39.2. The average molecular weight is 987 g/mol. The number of allylic oxidation sites excluding steroid dienone is 1. The lowest BCUT2D eigenvalue weighted by atomic mass is 9.72. The lowest BCUT2D eigenvalue weighted by molar-refractivity contribution is -0.384. The summed E-state index contributed by atoms with van der Waals surface area (Å²) < 4.78 is 52.7. The number of halogens is 1. The Morgan fingerprint density at radius 3 is 2.43 bits per heavy atom. The van der Waals surface area contributed by atoms with Gasteiger partial charge in [0, 0.05) is 115 Å². The number of sulfonamides is 1. The smallest absolute Gasteiger partial charge is 0.293 e. The van der Waals surface area contributed by atoms with Crippen LogP contribution in [0.2, 0.25) is 5.02 Å². The van der Waals surface area contributed by atoms with Crippen molar-refractivity contribution >= 4 is 70.9 Å². The molecule has 0 saturated carbocycles. The zero-order chi connectivity index (χ0) is 48.4. The first-order valence-corrected chi connectivity index (χ1v) is 27.2. The number of fused-ring (bicyclic) bond motifs is 1. The SMILES string of the molecule is C[C@@H](CN1CCC(N=S(C)(C)=O)CC1)Nc1ccc(S(=O)(=O)NC(=O)c2ccc(N3CCN(CC4=C(c5ccc(Cl)cc5)CC(C)(C)CC4)CC3)cc2Oc2cnc3[nH]ccc3c2)cc1[N+](=O)[O-]. The second kappa shape index (κ2) is 20.2. The number of hydrogen-bond donors (Lipinski definition) is 3. The first-order valence-electron chi connectivity index (χ1n) is 23.0.